The lowest BCUT2D eigenvalue weighted by atomic mass is 9.72. The Bertz CT molecular complexity index is 1380. The van der Waals surface area contributed by atoms with Gasteiger partial charge in [-0.2, -0.15) is 0 Å². The number of fused-ring (bicyclic) bond motifs is 3. The maximum Gasteiger partial charge on any atom is 0.202 e. The molecule has 2 aromatic carbocycles. The number of Topliss-reactive ketones (excluding diaryl/α,β-unsaturated/α-hetero) is 1. The van der Waals surface area contributed by atoms with E-state index in [0.717, 1.165) is 0 Å². The quantitative estimate of drug-likeness (QED) is 0.227. The summed E-state index contributed by atoms with van der Waals surface area (Å²) in [5.41, 5.74) is 2.37. The van der Waals surface area contributed by atoms with Crippen LogP contribution in [0.2, 0.25) is 0 Å². The Kier molecular flexibility index (Phi) is 8.00. The van der Waals surface area contributed by atoms with Gasteiger partial charge in [0.15, 0.2) is 17.9 Å². The summed E-state index contributed by atoms with van der Waals surface area (Å²) in [6, 6.07) is 3.64. The van der Waals surface area contributed by atoms with Gasteiger partial charge in [-0.3, -0.25) is 14.4 Å². The van der Waals surface area contributed by atoms with Crippen LogP contribution in [0.25, 0.3) is 0 Å². The molecule has 1 saturated heterocycles. The molecule has 216 valence electrons. The van der Waals surface area contributed by atoms with Gasteiger partial charge in [0.1, 0.15) is 29.5 Å². The van der Waals surface area contributed by atoms with Crippen LogP contribution in [0.4, 0.5) is 0 Å². The van der Waals surface area contributed by atoms with E-state index >= 15 is 0 Å². The van der Waals surface area contributed by atoms with Crippen LogP contribution in [0.5, 0.6) is 17.2 Å². The molecule has 0 bridgehead atoms. The van der Waals surface area contributed by atoms with Crippen molar-refractivity contribution in [2.75, 3.05) is 13.7 Å². The molecular formula is C27H30ClNO11. The van der Waals surface area contributed by atoms with E-state index in [4.69, 9.17) is 19.9 Å². The van der Waals surface area contributed by atoms with E-state index in [0.29, 0.717) is 0 Å². The lowest BCUT2D eigenvalue weighted by Crippen LogP contribution is -2.53. The largest absolute Gasteiger partial charge is 0.507 e. The van der Waals surface area contributed by atoms with Crippen LogP contribution in [0.1, 0.15) is 68.8 Å². The average Bonchev–Trinajstić information content (AvgIpc) is 2.90. The molecule has 0 amide bonds. The number of phenols is 2. The van der Waals surface area contributed by atoms with Gasteiger partial charge >= 0.3 is 0 Å². The molecule has 0 spiro atoms. The van der Waals surface area contributed by atoms with Crippen LogP contribution in [0.3, 0.4) is 0 Å². The number of hydrogen-bond donors (Lipinski definition) is 6. The first-order valence-electron chi connectivity index (χ1n) is 12.4. The van der Waals surface area contributed by atoms with Crippen molar-refractivity contribution in [3.63, 3.8) is 0 Å². The van der Waals surface area contributed by atoms with E-state index in [9.17, 15) is 39.9 Å². The van der Waals surface area contributed by atoms with E-state index in [1.807, 2.05) is 0 Å². The summed E-state index contributed by atoms with van der Waals surface area (Å²) >= 11 is 0. The fourth-order valence-electron chi connectivity index (χ4n) is 5.75. The number of ketones is 3. The van der Waals surface area contributed by atoms with Crippen molar-refractivity contribution >= 4 is 29.8 Å². The van der Waals surface area contributed by atoms with E-state index in [2.05, 4.69) is 0 Å². The summed E-state index contributed by atoms with van der Waals surface area (Å²) in [6.07, 6.45) is -5.12. The molecular weight excluding hydrogens is 550 g/mol. The number of hydrogen-bond acceptors (Lipinski definition) is 12. The molecule has 2 aliphatic carbocycles. The first-order valence-corrected chi connectivity index (χ1v) is 12.4. The van der Waals surface area contributed by atoms with E-state index in [1.165, 1.54) is 25.3 Å². The maximum absolute atomic E-state index is 13.6. The van der Waals surface area contributed by atoms with Crippen molar-refractivity contribution in [3.8, 4) is 17.2 Å². The van der Waals surface area contributed by atoms with Gasteiger partial charge in [-0.15, -0.1) is 12.4 Å². The number of aliphatic hydroxyl groups is 3. The van der Waals surface area contributed by atoms with Gasteiger partial charge in [-0.25, -0.2) is 0 Å². The number of benzene rings is 2. The number of halogens is 1. The Labute approximate surface area is 234 Å². The minimum absolute atomic E-state index is 0. The van der Waals surface area contributed by atoms with Crippen molar-refractivity contribution in [2.24, 2.45) is 5.73 Å². The molecule has 1 aliphatic heterocycles. The van der Waals surface area contributed by atoms with Crippen LogP contribution in [0, 0.1) is 0 Å². The summed E-state index contributed by atoms with van der Waals surface area (Å²) < 4.78 is 17.0. The molecule has 1 fully saturated rings. The lowest BCUT2D eigenvalue weighted by molar-refractivity contribution is -0.247. The van der Waals surface area contributed by atoms with Gasteiger partial charge in [-0.05, 0) is 13.0 Å². The Balaban J connectivity index is 0.00000370. The van der Waals surface area contributed by atoms with E-state index in [1.54, 1.807) is 6.92 Å². The summed E-state index contributed by atoms with van der Waals surface area (Å²) in [5, 5.41) is 53.7. The number of phenolic OH excluding ortho intramolecular Hbond substituents is 2. The zero-order chi connectivity index (χ0) is 28.4. The van der Waals surface area contributed by atoms with Crippen LogP contribution < -0.4 is 10.5 Å². The fraction of sp³-hybridized carbons (Fsp3) is 0.444. The predicted molar refractivity (Wildman–Crippen MR) is 139 cm³/mol. The van der Waals surface area contributed by atoms with Gasteiger partial charge in [0.05, 0.1) is 42.1 Å². The molecule has 2 aromatic rings. The average molecular weight is 580 g/mol. The second-order valence-electron chi connectivity index (χ2n) is 10.2. The first-order chi connectivity index (χ1) is 18.4. The van der Waals surface area contributed by atoms with Gasteiger partial charge in [-0.1, -0.05) is 12.1 Å². The number of aliphatic hydroxyl groups excluding tert-OH is 2. The molecule has 40 heavy (non-hydrogen) atoms. The zero-order valence-corrected chi connectivity index (χ0v) is 22.4. The highest BCUT2D eigenvalue weighted by atomic mass is 35.5. The topological polar surface area (TPSA) is 206 Å². The van der Waals surface area contributed by atoms with Gasteiger partial charge in [0.25, 0.3) is 0 Å². The highest BCUT2D eigenvalue weighted by Crippen LogP contribution is 2.52. The predicted octanol–water partition coefficient (Wildman–Crippen LogP) is 0.423. The number of methoxy groups -OCH3 is 1. The minimum Gasteiger partial charge on any atom is -0.507 e. The van der Waals surface area contributed by atoms with Crippen LogP contribution >= 0.6 is 12.4 Å². The second kappa shape index (κ2) is 10.7. The zero-order valence-electron chi connectivity index (χ0n) is 21.6. The highest BCUT2D eigenvalue weighted by molar-refractivity contribution is 6.31. The normalized spacial score (nSPS) is 29.1. The standard InChI is InChI=1S/C27H29NO11.ClH/c1-10-22(31)13(28)6-17(38-10)39-15-8-27(36,16(30)9-29)7-12-19(15)26(35)21-20(24(12)33)23(32)11-4-3-5-14(37-2)18(11)25(21)34;/h3-5,10,13,15,17,22,29,31,33,35-36H,6-9,28H2,1-2H3;1H/t10?,13?,15-,17-,22?,27-;/m0./s1. The molecule has 6 atom stereocenters. The number of carbonyl (C=O) groups excluding carboxylic acids is 3. The van der Waals surface area contributed by atoms with Crippen LogP contribution in [-0.2, 0) is 20.7 Å². The molecule has 7 N–H and O–H groups in total. The summed E-state index contributed by atoms with van der Waals surface area (Å²) in [5.74, 6) is -3.77. The summed E-state index contributed by atoms with van der Waals surface area (Å²) in [6.45, 7) is 0.560. The monoisotopic (exact) mass is 579 g/mol. The summed E-state index contributed by atoms with van der Waals surface area (Å²) in [4.78, 5) is 39.7. The Morgan fingerprint density at radius 3 is 2.45 bits per heavy atom. The maximum atomic E-state index is 13.6. The van der Waals surface area contributed by atoms with Gasteiger partial charge in [0, 0.05) is 42.0 Å². The Hall–Kier alpha value is -3.10. The molecule has 0 aromatic heterocycles. The molecule has 3 aliphatic rings. The molecule has 5 rings (SSSR count). The molecule has 0 radical (unpaired) electrons. The molecule has 1 heterocycles. The van der Waals surface area contributed by atoms with Crippen molar-refractivity contribution in [1.82, 2.24) is 0 Å². The highest BCUT2D eigenvalue weighted by Gasteiger charge is 2.50. The SMILES string of the molecule is COc1cccc2c1C(=O)c1c(O)c3c(c(O)c1C2=O)C[C@@](O)(C(=O)CO)C[C@@H]3O[C@H]1CC(N)C(O)C(C)O1.Cl. The lowest BCUT2D eigenvalue weighted by Gasteiger charge is -2.42. The van der Waals surface area contributed by atoms with Crippen molar-refractivity contribution in [3.05, 3.63) is 51.6 Å². The number of nitrogens with two attached hydrogens (primary N) is 1. The van der Waals surface area contributed by atoms with Crippen molar-refractivity contribution < 1.29 is 54.1 Å². The number of ether oxygens (including phenoxy) is 3. The van der Waals surface area contributed by atoms with Crippen molar-refractivity contribution in [2.45, 2.75) is 62.4 Å². The Morgan fingerprint density at radius 1 is 1.15 bits per heavy atom. The summed E-state index contributed by atoms with van der Waals surface area (Å²) in [7, 11) is 1.32. The number of aromatic hydroxyl groups is 2. The van der Waals surface area contributed by atoms with Crippen LogP contribution in [-0.4, -0.2) is 86.7 Å². The number of carbonyl (C=O) groups is 3. The second-order valence-corrected chi connectivity index (χ2v) is 10.2. The fourth-order valence-corrected chi connectivity index (χ4v) is 5.75. The number of rotatable bonds is 5. The third-order valence-electron chi connectivity index (χ3n) is 7.81. The Morgan fingerprint density at radius 2 is 1.82 bits per heavy atom. The van der Waals surface area contributed by atoms with Gasteiger partial charge < -0.3 is 45.5 Å². The van der Waals surface area contributed by atoms with Crippen LogP contribution in [0.15, 0.2) is 18.2 Å². The molecule has 12 nitrogen and oxygen atoms in total. The van der Waals surface area contributed by atoms with E-state index in [-0.39, 0.29) is 46.8 Å². The third-order valence-corrected chi connectivity index (χ3v) is 7.81. The molecule has 13 heteroatoms. The molecule has 0 saturated carbocycles. The van der Waals surface area contributed by atoms with Crippen molar-refractivity contribution in [1.29, 1.82) is 0 Å². The minimum atomic E-state index is -2.24. The van der Waals surface area contributed by atoms with E-state index < -0.39 is 95.7 Å². The van der Waals surface area contributed by atoms with Gasteiger partial charge in [0.2, 0.25) is 5.78 Å². The first kappa shape index (κ1) is 29.9. The third kappa shape index (κ3) is 4.45. The molecule has 3 unspecified atom stereocenters. The smallest absolute Gasteiger partial charge is 0.202 e.